The molecule has 0 spiro atoms. The Morgan fingerprint density at radius 1 is 1.33 bits per heavy atom. The number of rotatable bonds is 1. The van der Waals surface area contributed by atoms with E-state index in [-0.39, 0.29) is 0 Å². The first-order chi connectivity index (χ1) is 7.22. The zero-order valence-electron chi connectivity index (χ0n) is 8.01. The summed E-state index contributed by atoms with van der Waals surface area (Å²) < 4.78 is 6.96. The maximum atomic E-state index is 9.80. The molecule has 0 atom stereocenters. The Hall–Kier alpha value is -1.49. The van der Waals surface area contributed by atoms with Crippen molar-refractivity contribution in [3.63, 3.8) is 0 Å². The van der Waals surface area contributed by atoms with Gasteiger partial charge in [0.25, 0.3) is 0 Å². The molecule has 4 nitrogen and oxygen atoms in total. The third-order valence-electron chi connectivity index (χ3n) is 2.00. The van der Waals surface area contributed by atoms with Crippen molar-refractivity contribution >= 4 is 15.9 Å². The summed E-state index contributed by atoms with van der Waals surface area (Å²) in [6.07, 6.45) is 0. The van der Waals surface area contributed by atoms with Gasteiger partial charge in [-0.15, -0.1) is 0 Å². The summed E-state index contributed by atoms with van der Waals surface area (Å²) >= 11 is 3.21. The van der Waals surface area contributed by atoms with Crippen LogP contribution in [0.5, 0.6) is 0 Å². The molecule has 2 heterocycles. The van der Waals surface area contributed by atoms with Crippen molar-refractivity contribution in [3.8, 4) is 11.5 Å². The molecule has 5 heteroatoms. The van der Waals surface area contributed by atoms with Crippen LogP contribution in [0, 0.1) is 0 Å². The Balaban J connectivity index is 2.64. The Bertz CT molecular complexity index is 542. The monoisotopic (exact) mass is 268 g/mol. The van der Waals surface area contributed by atoms with Gasteiger partial charge in [0, 0.05) is 7.05 Å². The predicted octanol–water partition coefficient (Wildman–Crippen LogP) is 2.28. The summed E-state index contributed by atoms with van der Waals surface area (Å²) in [5, 5.41) is 9.80. The minimum Gasteiger partial charge on any atom is -0.448 e. The second-order valence-corrected chi connectivity index (χ2v) is 3.69. The maximum absolute atomic E-state index is 9.80. The smallest absolute Gasteiger partial charge is 0.169 e. The summed E-state index contributed by atoms with van der Waals surface area (Å²) in [4.78, 5) is 3.92. The lowest BCUT2D eigenvalue weighted by atomic mass is 10.3. The normalized spacial score (nSPS) is 12.0. The summed E-state index contributed by atoms with van der Waals surface area (Å²) in [6.45, 7) is 0. The van der Waals surface area contributed by atoms with E-state index in [2.05, 4.69) is 20.9 Å². The topological polar surface area (TPSA) is 50.7 Å². The van der Waals surface area contributed by atoms with Crippen LogP contribution in [0.3, 0.4) is 0 Å². The average Bonchev–Trinajstić information content (AvgIpc) is 2.65. The van der Waals surface area contributed by atoms with E-state index in [0.29, 0.717) is 21.6 Å². The van der Waals surface area contributed by atoms with Gasteiger partial charge in [-0.25, -0.2) is 0 Å². The first-order valence-corrected chi connectivity index (χ1v) is 5.11. The third-order valence-corrected chi connectivity index (χ3v) is 2.43. The van der Waals surface area contributed by atoms with Crippen molar-refractivity contribution < 1.29 is 9.62 Å². The number of furan rings is 1. The lowest BCUT2D eigenvalue weighted by Crippen LogP contribution is -2.19. The van der Waals surface area contributed by atoms with Gasteiger partial charge in [0.05, 0.1) is 0 Å². The fourth-order valence-electron chi connectivity index (χ4n) is 1.30. The van der Waals surface area contributed by atoms with E-state index < -0.39 is 0 Å². The molecule has 0 aliphatic rings. The molecule has 2 rings (SSSR count). The van der Waals surface area contributed by atoms with E-state index in [1.54, 1.807) is 37.4 Å². The van der Waals surface area contributed by atoms with Crippen LogP contribution in [0.1, 0.15) is 0 Å². The number of hydrogen-bond donors (Lipinski definition) is 1. The van der Waals surface area contributed by atoms with Gasteiger partial charge in [0.15, 0.2) is 15.9 Å². The number of halogens is 1. The third kappa shape index (κ3) is 1.83. The van der Waals surface area contributed by atoms with Crippen LogP contribution in [0.25, 0.3) is 11.5 Å². The summed E-state index contributed by atoms with van der Waals surface area (Å²) in [5.74, 6) is 0.579. The molecule has 0 aliphatic carbocycles. The van der Waals surface area contributed by atoms with Crippen molar-refractivity contribution in [1.82, 2.24) is 4.73 Å². The minimum absolute atomic E-state index is 0.472. The van der Waals surface area contributed by atoms with E-state index in [4.69, 9.17) is 4.42 Å². The molecule has 0 aliphatic heterocycles. The van der Waals surface area contributed by atoms with E-state index in [1.807, 2.05) is 0 Å². The van der Waals surface area contributed by atoms with E-state index >= 15 is 0 Å². The van der Waals surface area contributed by atoms with E-state index in [1.165, 1.54) is 0 Å². The standard InChI is InChI=1S/C10H9BrN2O2/c1-12-10-4-2-3-7(13(10)14)8-5-6-9(11)15-8/h2-6,14H,1H3. The lowest BCUT2D eigenvalue weighted by Gasteiger charge is -2.03. The Labute approximate surface area is 94.6 Å². The first-order valence-electron chi connectivity index (χ1n) is 4.32. The highest BCUT2D eigenvalue weighted by Crippen LogP contribution is 2.23. The van der Waals surface area contributed by atoms with Gasteiger partial charge in [-0.1, -0.05) is 6.07 Å². The lowest BCUT2D eigenvalue weighted by molar-refractivity contribution is 0.175. The van der Waals surface area contributed by atoms with Gasteiger partial charge in [-0.2, -0.15) is 4.73 Å². The SMILES string of the molecule is CN=c1cccc(-c2ccc(Br)o2)n1O. The molecule has 2 aromatic heterocycles. The van der Waals surface area contributed by atoms with Crippen LogP contribution >= 0.6 is 15.9 Å². The van der Waals surface area contributed by atoms with E-state index in [0.717, 1.165) is 4.73 Å². The quantitative estimate of drug-likeness (QED) is 0.807. The number of pyridine rings is 1. The molecule has 0 saturated carbocycles. The fourth-order valence-corrected chi connectivity index (χ4v) is 1.60. The zero-order valence-corrected chi connectivity index (χ0v) is 9.60. The summed E-state index contributed by atoms with van der Waals surface area (Å²) in [7, 11) is 1.61. The molecule has 0 fully saturated rings. The van der Waals surface area contributed by atoms with E-state index in [9.17, 15) is 5.21 Å². The molecule has 0 bridgehead atoms. The molecule has 0 amide bonds. The summed E-state index contributed by atoms with van der Waals surface area (Å²) in [5.41, 5.74) is 1.03. The number of hydrogen-bond acceptors (Lipinski definition) is 3. The molecule has 0 aromatic carbocycles. The largest absolute Gasteiger partial charge is 0.448 e. The van der Waals surface area contributed by atoms with Crippen molar-refractivity contribution in [1.29, 1.82) is 0 Å². The highest BCUT2D eigenvalue weighted by Gasteiger charge is 2.07. The highest BCUT2D eigenvalue weighted by atomic mass is 79.9. The Morgan fingerprint density at radius 2 is 2.13 bits per heavy atom. The highest BCUT2D eigenvalue weighted by molar-refractivity contribution is 9.10. The molecule has 1 N–H and O–H groups in total. The van der Waals surface area contributed by atoms with Crippen molar-refractivity contribution in [2.45, 2.75) is 0 Å². The molecular weight excluding hydrogens is 260 g/mol. The van der Waals surface area contributed by atoms with Crippen LogP contribution in [-0.4, -0.2) is 17.0 Å². The molecule has 0 saturated heterocycles. The maximum Gasteiger partial charge on any atom is 0.169 e. The van der Waals surface area contributed by atoms with Crippen LogP contribution in [-0.2, 0) is 0 Å². The average molecular weight is 269 g/mol. The molecular formula is C10H9BrN2O2. The van der Waals surface area contributed by atoms with Gasteiger partial charge in [-0.05, 0) is 40.2 Å². The first kappa shape index (κ1) is 10.0. The molecule has 0 radical (unpaired) electrons. The second-order valence-electron chi connectivity index (χ2n) is 2.91. The molecule has 0 unspecified atom stereocenters. The molecule has 15 heavy (non-hydrogen) atoms. The fraction of sp³-hybridized carbons (Fsp3) is 0.100. The van der Waals surface area contributed by atoms with Crippen molar-refractivity contribution in [3.05, 3.63) is 40.5 Å². The van der Waals surface area contributed by atoms with Crippen LogP contribution in [0.4, 0.5) is 0 Å². The van der Waals surface area contributed by atoms with Crippen molar-refractivity contribution in [2.75, 3.05) is 7.05 Å². The zero-order chi connectivity index (χ0) is 10.8. The molecule has 78 valence electrons. The molecule has 2 aromatic rings. The van der Waals surface area contributed by atoms with Crippen LogP contribution in [0.15, 0.2) is 44.4 Å². The van der Waals surface area contributed by atoms with Gasteiger partial charge in [0.1, 0.15) is 5.69 Å². The van der Waals surface area contributed by atoms with Gasteiger partial charge in [0.2, 0.25) is 0 Å². The number of nitrogens with zero attached hydrogens (tertiary/aromatic N) is 2. The minimum atomic E-state index is 0.472. The Morgan fingerprint density at radius 3 is 2.73 bits per heavy atom. The van der Waals surface area contributed by atoms with Crippen molar-refractivity contribution in [2.24, 2.45) is 4.99 Å². The van der Waals surface area contributed by atoms with Crippen LogP contribution in [0.2, 0.25) is 0 Å². The van der Waals surface area contributed by atoms with Crippen LogP contribution < -0.4 is 5.49 Å². The second kappa shape index (κ2) is 3.94. The Kier molecular flexibility index (Phi) is 2.64. The van der Waals surface area contributed by atoms with Gasteiger partial charge in [-0.3, -0.25) is 4.99 Å². The van der Waals surface area contributed by atoms with Gasteiger partial charge >= 0.3 is 0 Å². The number of aromatic nitrogens is 1. The summed E-state index contributed by atoms with van der Waals surface area (Å²) in [6, 6.07) is 8.80. The predicted molar refractivity (Wildman–Crippen MR) is 58.5 cm³/mol. The van der Waals surface area contributed by atoms with Gasteiger partial charge < -0.3 is 9.62 Å².